The number of nitrogens with one attached hydrogen (secondary N) is 1. The summed E-state index contributed by atoms with van der Waals surface area (Å²) in [6, 6.07) is 20.8. The Morgan fingerprint density at radius 1 is 1.06 bits per heavy atom. The van der Waals surface area contributed by atoms with Crippen molar-refractivity contribution in [2.45, 2.75) is 32.9 Å². The summed E-state index contributed by atoms with van der Waals surface area (Å²) in [5, 5.41) is 3.65. The molecule has 0 spiro atoms. The Labute approximate surface area is 204 Å². The fraction of sp³-hybridized carbons (Fsp3) is 0.259. The number of amides is 1. The normalized spacial score (nSPS) is 10.9. The van der Waals surface area contributed by atoms with E-state index in [1.807, 2.05) is 66.7 Å². The predicted molar refractivity (Wildman–Crippen MR) is 135 cm³/mol. The van der Waals surface area contributed by atoms with E-state index >= 15 is 0 Å². The second-order valence-electron chi connectivity index (χ2n) is 7.96. The molecule has 0 atom stereocenters. The summed E-state index contributed by atoms with van der Waals surface area (Å²) in [6.07, 6.45) is 1.98. The lowest BCUT2D eigenvalue weighted by Gasteiger charge is -2.13. The number of rotatable bonds is 10. The highest BCUT2D eigenvalue weighted by molar-refractivity contribution is 6.31. The Bertz CT molecular complexity index is 1290. The molecule has 7 heteroatoms. The van der Waals surface area contributed by atoms with Crippen LogP contribution in [-0.2, 0) is 13.2 Å². The van der Waals surface area contributed by atoms with Gasteiger partial charge in [0.15, 0.2) is 11.5 Å². The zero-order valence-electron chi connectivity index (χ0n) is 19.4. The number of carbonyl (C=O) groups excluding carboxylic acids is 1. The van der Waals surface area contributed by atoms with Crippen molar-refractivity contribution >= 4 is 28.5 Å². The van der Waals surface area contributed by atoms with Crippen molar-refractivity contribution in [1.29, 1.82) is 0 Å². The second-order valence-corrected chi connectivity index (χ2v) is 8.37. The number of aromatic nitrogens is 2. The van der Waals surface area contributed by atoms with Gasteiger partial charge in [0.2, 0.25) is 0 Å². The molecular weight excluding hydrogens is 450 g/mol. The first-order valence-electron chi connectivity index (χ1n) is 11.4. The minimum absolute atomic E-state index is 0.0946. The molecule has 0 aliphatic rings. The molecule has 4 aromatic rings. The summed E-state index contributed by atoms with van der Waals surface area (Å²) in [5.41, 5.74) is 3.20. The van der Waals surface area contributed by atoms with Crippen LogP contribution in [0.25, 0.3) is 11.0 Å². The van der Waals surface area contributed by atoms with E-state index in [9.17, 15) is 4.79 Å². The van der Waals surface area contributed by atoms with E-state index < -0.39 is 0 Å². The molecule has 1 heterocycles. The summed E-state index contributed by atoms with van der Waals surface area (Å²) in [7, 11) is 1.61. The maximum absolute atomic E-state index is 12.6. The SMILES string of the molecule is CCCCNC(=O)c1ccc2c(c1)nc(COc1ccccc1OC)n2Cc1ccccc1Cl. The predicted octanol–water partition coefficient (Wildman–Crippen LogP) is 5.86. The van der Waals surface area contributed by atoms with Crippen molar-refractivity contribution in [3.8, 4) is 11.5 Å². The molecule has 4 rings (SSSR count). The van der Waals surface area contributed by atoms with Crippen LogP contribution in [0.15, 0.2) is 66.7 Å². The Kier molecular flexibility index (Phi) is 7.70. The first kappa shape index (κ1) is 23.6. The largest absolute Gasteiger partial charge is 0.493 e. The fourth-order valence-corrected chi connectivity index (χ4v) is 3.96. The molecule has 176 valence electrons. The standard InChI is InChI=1S/C27H28ClN3O3/c1-3-4-15-29-27(32)19-13-14-23-22(16-19)30-26(18-34-25-12-8-7-11-24(25)33-2)31(23)17-20-9-5-6-10-21(20)28/h5-14,16H,3-4,15,17-18H2,1-2H3,(H,29,32). The van der Waals surface area contributed by atoms with Gasteiger partial charge >= 0.3 is 0 Å². The number of halogens is 1. The van der Waals surface area contributed by atoms with Crippen molar-refractivity contribution in [1.82, 2.24) is 14.9 Å². The quantitative estimate of drug-likeness (QED) is 0.291. The number of ether oxygens (including phenoxy) is 2. The van der Waals surface area contributed by atoms with Crippen LogP contribution in [0.4, 0.5) is 0 Å². The van der Waals surface area contributed by atoms with E-state index in [2.05, 4.69) is 16.8 Å². The molecule has 3 aromatic carbocycles. The number of para-hydroxylation sites is 2. The molecule has 0 aliphatic carbocycles. The lowest BCUT2D eigenvalue weighted by molar-refractivity contribution is 0.0953. The lowest BCUT2D eigenvalue weighted by atomic mass is 10.1. The summed E-state index contributed by atoms with van der Waals surface area (Å²) < 4.78 is 13.6. The number of fused-ring (bicyclic) bond motifs is 1. The van der Waals surface area contributed by atoms with Gasteiger partial charge in [-0.25, -0.2) is 4.98 Å². The number of unbranched alkanes of at least 4 members (excludes halogenated alkanes) is 1. The maximum atomic E-state index is 12.6. The first-order chi connectivity index (χ1) is 16.6. The minimum atomic E-state index is -0.0946. The van der Waals surface area contributed by atoms with Crippen LogP contribution in [0.3, 0.4) is 0 Å². The van der Waals surface area contributed by atoms with Crippen LogP contribution in [-0.4, -0.2) is 29.1 Å². The average Bonchev–Trinajstić information content (AvgIpc) is 3.20. The molecule has 6 nitrogen and oxygen atoms in total. The third-order valence-corrected chi connectivity index (χ3v) is 5.99. The molecule has 0 unspecified atom stereocenters. The third-order valence-electron chi connectivity index (χ3n) is 5.62. The maximum Gasteiger partial charge on any atom is 0.251 e. The highest BCUT2D eigenvalue weighted by Crippen LogP contribution is 2.28. The number of hydrogen-bond acceptors (Lipinski definition) is 4. The van der Waals surface area contributed by atoms with Crippen molar-refractivity contribution < 1.29 is 14.3 Å². The van der Waals surface area contributed by atoms with E-state index in [4.69, 9.17) is 26.1 Å². The number of nitrogens with zero attached hydrogens (tertiary/aromatic N) is 2. The van der Waals surface area contributed by atoms with Gasteiger partial charge in [-0.15, -0.1) is 0 Å². The Balaban J connectivity index is 1.68. The van der Waals surface area contributed by atoms with E-state index in [0.717, 1.165) is 35.3 Å². The number of benzene rings is 3. The molecule has 0 saturated heterocycles. The topological polar surface area (TPSA) is 65.4 Å². The van der Waals surface area contributed by atoms with E-state index in [0.29, 0.717) is 35.2 Å². The Hall–Kier alpha value is -3.51. The van der Waals surface area contributed by atoms with Crippen molar-refractivity contribution in [2.75, 3.05) is 13.7 Å². The molecular formula is C27H28ClN3O3. The molecule has 1 N–H and O–H groups in total. The molecule has 0 fully saturated rings. The zero-order valence-corrected chi connectivity index (χ0v) is 20.1. The fourth-order valence-electron chi connectivity index (χ4n) is 3.77. The molecule has 0 aliphatic heterocycles. The highest BCUT2D eigenvalue weighted by atomic mass is 35.5. The molecule has 0 saturated carbocycles. The van der Waals surface area contributed by atoms with Crippen LogP contribution in [0.2, 0.25) is 5.02 Å². The van der Waals surface area contributed by atoms with Crippen LogP contribution >= 0.6 is 11.6 Å². The van der Waals surface area contributed by atoms with Gasteiger partial charge in [-0.05, 0) is 48.4 Å². The first-order valence-corrected chi connectivity index (χ1v) is 11.7. The van der Waals surface area contributed by atoms with Crippen LogP contribution in [0.5, 0.6) is 11.5 Å². The molecule has 1 amide bonds. The number of imidazole rings is 1. The van der Waals surface area contributed by atoms with Crippen LogP contribution < -0.4 is 14.8 Å². The summed E-state index contributed by atoms with van der Waals surface area (Å²) >= 11 is 6.45. The molecule has 34 heavy (non-hydrogen) atoms. The van der Waals surface area contributed by atoms with Crippen molar-refractivity contribution in [2.24, 2.45) is 0 Å². The highest BCUT2D eigenvalue weighted by Gasteiger charge is 2.16. The zero-order chi connectivity index (χ0) is 23.9. The van der Waals surface area contributed by atoms with E-state index in [1.165, 1.54) is 0 Å². The van der Waals surface area contributed by atoms with Gasteiger partial charge in [-0.1, -0.05) is 55.3 Å². The smallest absolute Gasteiger partial charge is 0.251 e. The molecule has 0 bridgehead atoms. The van der Waals surface area contributed by atoms with Crippen molar-refractivity contribution in [3.05, 3.63) is 88.7 Å². The third kappa shape index (κ3) is 5.34. The summed E-state index contributed by atoms with van der Waals surface area (Å²) in [6.45, 7) is 3.52. The summed E-state index contributed by atoms with van der Waals surface area (Å²) in [5.74, 6) is 1.92. The monoisotopic (exact) mass is 477 g/mol. The van der Waals surface area contributed by atoms with Crippen LogP contribution in [0.1, 0.15) is 41.5 Å². The second kappa shape index (κ2) is 11.1. The number of carbonyl (C=O) groups is 1. The van der Waals surface area contributed by atoms with E-state index in [-0.39, 0.29) is 12.5 Å². The van der Waals surface area contributed by atoms with Gasteiger partial charge in [0.05, 0.1) is 24.7 Å². The van der Waals surface area contributed by atoms with Gasteiger partial charge in [0, 0.05) is 17.1 Å². The van der Waals surface area contributed by atoms with E-state index in [1.54, 1.807) is 7.11 Å². The Morgan fingerprint density at radius 2 is 1.82 bits per heavy atom. The van der Waals surface area contributed by atoms with Gasteiger partial charge < -0.3 is 19.4 Å². The number of hydrogen-bond donors (Lipinski definition) is 1. The molecule has 0 radical (unpaired) electrons. The van der Waals surface area contributed by atoms with Gasteiger partial charge in [0.25, 0.3) is 5.91 Å². The lowest BCUT2D eigenvalue weighted by Crippen LogP contribution is -2.24. The van der Waals surface area contributed by atoms with Gasteiger partial charge in [-0.2, -0.15) is 0 Å². The van der Waals surface area contributed by atoms with Crippen molar-refractivity contribution in [3.63, 3.8) is 0 Å². The summed E-state index contributed by atoms with van der Waals surface area (Å²) in [4.78, 5) is 17.4. The van der Waals surface area contributed by atoms with Gasteiger partial charge in [-0.3, -0.25) is 4.79 Å². The van der Waals surface area contributed by atoms with Crippen LogP contribution in [0, 0.1) is 0 Å². The van der Waals surface area contributed by atoms with Gasteiger partial charge in [0.1, 0.15) is 12.4 Å². The average molecular weight is 478 g/mol. The Morgan fingerprint density at radius 3 is 2.59 bits per heavy atom. The molecule has 1 aromatic heterocycles. The number of methoxy groups -OCH3 is 1. The minimum Gasteiger partial charge on any atom is -0.493 e.